The summed E-state index contributed by atoms with van der Waals surface area (Å²) in [5.41, 5.74) is -0.108. The number of rotatable bonds is 7. The number of nitrogens with zero attached hydrogens (tertiary/aromatic N) is 2. The molecule has 1 unspecified atom stereocenters. The number of hydrogen-bond donors (Lipinski definition) is 1. The first-order valence-corrected chi connectivity index (χ1v) is 8.65. The minimum atomic E-state index is -1.30. The Labute approximate surface area is 153 Å². The van der Waals surface area contributed by atoms with Crippen molar-refractivity contribution in [3.8, 4) is 0 Å². The van der Waals surface area contributed by atoms with Gasteiger partial charge in [-0.15, -0.1) is 0 Å². The van der Waals surface area contributed by atoms with Crippen molar-refractivity contribution >= 4 is 27.6 Å². The summed E-state index contributed by atoms with van der Waals surface area (Å²) in [6, 6.07) is 9.75. The molecule has 0 radical (unpaired) electrons. The maximum absolute atomic E-state index is 13.0. The van der Waals surface area contributed by atoms with Crippen LogP contribution in [0.15, 0.2) is 57.9 Å². The molecule has 1 amide bonds. The zero-order valence-corrected chi connectivity index (χ0v) is 15.3. The number of aliphatic hydroxyl groups is 1. The Morgan fingerprint density at radius 3 is 2.44 bits per heavy atom. The van der Waals surface area contributed by atoms with Gasteiger partial charge in [0, 0.05) is 35.4 Å². The molecule has 0 aliphatic carbocycles. The Morgan fingerprint density at radius 1 is 1.20 bits per heavy atom. The third kappa shape index (κ3) is 4.43. The standard InChI is InChI=1S/C18H19BrN2O4/c1-2-20(11-12-22)18(25)16(21-10-4-3-5-15(21)23)17(24)13-6-8-14(19)9-7-13/h3-10,16,22H,2,11-12H2,1H3. The number of benzene rings is 1. The third-order valence-electron chi connectivity index (χ3n) is 3.80. The molecule has 132 valence electrons. The molecule has 0 saturated carbocycles. The largest absolute Gasteiger partial charge is 0.395 e. The number of likely N-dealkylation sites (N-methyl/N-ethyl adjacent to an activating group) is 1. The van der Waals surface area contributed by atoms with Gasteiger partial charge in [0.2, 0.25) is 0 Å². The predicted molar refractivity (Wildman–Crippen MR) is 97.6 cm³/mol. The molecule has 0 aliphatic heterocycles. The number of hydrogen-bond acceptors (Lipinski definition) is 4. The molecule has 0 bridgehead atoms. The average Bonchev–Trinajstić information content (AvgIpc) is 2.61. The molecule has 1 N–H and O–H groups in total. The lowest BCUT2D eigenvalue weighted by Gasteiger charge is -2.26. The van der Waals surface area contributed by atoms with E-state index in [2.05, 4.69) is 15.9 Å². The van der Waals surface area contributed by atoms with E-state index in [4.69, 9.17) is 5.11 Å². The van der Waals surface area contributed by atoms with Crippen LogP contribution in [0.5, 0.6) is 0 Å². The molecule has 2 aromatic rings. The fourth-order valence-corrected chi connectivity index (χ4v) is 2.76. The Kier molecular flexibility index (Phi) is 6.66. The van der Waals surface area contributed by atoms with Gasteiger partial charge in [-0.3, -0.25) is 19.0 Å². The number of carbonyl (C=O) groups is 2. The van der Waals surface area contributed by atoms with Gasteiger partial charge in [0.25, 0.3) is 11.5 Å². The summed E-state index contributed by atoms with van der Waals surface area (Å²) in [4.78, 5) is 39.5. The molecule has 0 spiro atoms. The molecule has 0 aliphatic rings. The van der Waals surface area contributed by atoms with Crippen LogP contribution in [-0.2, 0) is 4.79 Å². The molecule has 6 nitrogen and oxygen atoms in total. The average molecular weight is 407 g/mol. The molecular weight excluding hydrogens is 388 g/mol. The smallest absolute Gasteiger partial charge is 0.253 e. The van der Waals surface area contributed by atoms with E-state index in [-0.39, 0.29) is 13.2 Å². The summed E-state index contributed by atoms with van der Waals surface area (Å²) < 4.78 is 1.94. The molecule has 1 aromatic heterocycles. The Hall–Kier alpha value is -2.25. The van der Waals surface area contributed by atoms with Crippen molar-refractivity contribution in [3.05, 3.63) is 69.1 Å². The molecular formula is C18H19BrN2O4. The minimum Gasteiger partial charge on any atom is -0.395 e. The van der Waals surface area contributed by atoms with Gasteiger partial charge < -0.3 is 10.0 Å². The van der Waals surface area contributed by atoms with E-state index in [0.29, 0.717) is 12.1 Å². The molecule has 7 heteroatoms. The van der Waals surface area contributed by atoms with E-state index in [1.54, 1.807) is 43.3 Å². The zero-order valence-electron chi connectivity index (χ0n) is 13.8. The van der Waals surface area contributed by atoms with E-state index in [1.807, 2.05) is 0 Å². The summed E-state index contributed by atoms with van der Waals surface area (Å²) in [5, 5.41) is 9.16. The van der Waals surface area contributed by atoms with Gasteiger partial charge in [0.05, 0.1) is 6.61 Å². The second kappa shape index (κ2) is 8.73. The summed E-state index contributed by atoms with van der Waals surface area (Å²) >= 11 is 3.30. The van der Waals surface area contributed by atoms with Crippen molar-refractivity contribution in [3.63, 3.8) is 0 Å². The zero-order chi connectivity index (χ0) is 18.4. The third-order valence-corrected chi connectivity index (χ3v) is 4.33. The Morgan fingerprint density at radius 2 is 1.88 bits per heavy atom. The van der Waals surface area contributed by atoms with Gasteiger partial charge in [-0.1, -0.05) is 34.1 Å². The lowest BCUT2D eigenvalue weighted by Crippen LogP contribution is -2.44. The molecule has 1 atom stereocenters. The first kappa shape index (κ1) is 19.1. The highest BCUT2D eigenvalue weighted by Gasteiger charge is 2.32. The lowest BCUT2D eigenvalue weighted by molar-refractivity contribution is -0.133. The maximum Gasteiger partial charge on any atom is 0.253 e. The number of carbonyl (C=O) groups excluding carboxylic acids is 2. The van der Waals surface area contributed by atoms with Gasteiger partial charge in [0.1, 0.15) is 0 Å². The Balaban J connectivity index is 2.50. The predicted octanol–water partition coefficient (Wildman–Crippen LogP) is 1.88. The van der Waals surface area contributed by atoms with Crippen molar-refractivity contribution in [2.75, 3.05) is 19.7 Å². The van der Waals surface area contributed by atoms with Crippen LogP contribution in [-0.4, -0.2) is 46.0 Å². The first-order chi connectivity index (χ1) is 12.0. The summed E-state index contributed by atoms with van der Waals surface area (Å²) in [5.74, 6) is -0.986. The topological polar surface area (TPSA) is 79.6 Å². The van der Waals surface area contributed by atoms with Crippen LogP contribution in [0.2, 0.25) is 0 Å². The SMILES string of the molecule is CCN(CCO)C(=O)C(C(=O)c1ccc(Br)cc1)n1ccccc1=O. The van der Waals surface area contributed by atoms with Gasteiger partial charge in [0.15, 0.2) is 11.8 Å². The summed E-state index contributed by atoms with van der Waals surface area (Å²) in [6.07, 6.45) is 1.43. The molecule has 1 aromatic carbocycles. The number of pyridine rings is 1. The van der Waals surface area contributed by atoms with Crippen molar-refractivity contribution in [1.29, 1.82) is 0 Å². The molecule has 0 fully saturated rings. The summed E-state index contributed by atoms with van der Waals surface area (Å²) in [6.45, 7) is 1.96. The highest BCUT2D eigenvalue weighted by molar-refractivity contribution is 9.10. The van der Waals surface area contributed by atoms with E-state index >= 15 is 0 Å². The van der Waals surface area contributed by atoms with Crippen LogP contribution < -0.4 is 5.56 Å². The first-order valence-electron chi connectivity index (χ1n) is 7.86. The van der Waals surface area contributed by atoms with E-state index < -0.39 is 23.3 Å². The fraction of sp³-hybridized carbons (Fsp3) is 0.278. The number of amides is 1. The number of aromatic nitrogens is 1. The lowest BCUT2D eigenvalue weighted by atomic mass is 10.0. The van der Waals surface area contributed by atoms with Crippen LogP contribution in [0, 0.1) is 0 Å². The van der Waals surface area contributed by atoms with Crippen LogP contribution in [0.25, 0.3) is 0 Å². The number of halogens is 1. The van der Waals surface area contributed by atoms with Crippen LogP contribution in [0.3, 0.4) is 0 Å². The van der Waals surface area contributed by atoms with Gasteiger partial charge in [-0.2, -0.15) is 0 Å². The molecule has 1 heterocycles. The maximum atomic E-state index is 13.0. The van der Waals surface area contributed by atoms with Crippen molar-refractivity contribution in [2.24, 2.45) is 0 Å². The highest BCUT2D eigenvalue weighted by Crippen LogP contribution is 2.18. The second-order valence-electron chi connectivity index (χ2n) is 5.36. The molecule has 2 rings (SSSR count). The van der Waals surface area contributed by atoms with Crippen molar-refractivity contribution in [1.82, 2.24) is 9.47 Å². The van der Waals surface area contributed by atoms with Gasteiger partial charge >= 0.3 is 0 Å². The minimum absolute atomic E-state index is 0.0982. The normalized spacial score (nSPS) is 11.8. The fourth-order valence-electron chi connectivity index (χ4n) is 2.50. The van der Waals surface area contributed by atoms with Gasteiger partial charge in [-0.25, -0.2) is 0 Å². The molecule has 0 saturated heterocycles. The van der Waals surface area contributed by atoms with E-state index in [0.717, 1.165) is 9.04 Å². The summed E-state index contributed by atoms with van der Waals surface area (Å²) in [7, 11) is 0. The monoisotopic (exact) mass is 406 g/mol. The van der Waals surface area contributed by atoms with Crippen LogP contribution in [0.1, 0.15) is 23.3 Å². The van der Waals surface area contributed by atoms with Gasteiger partial charge in [-0.05, 0) is 25.1 Å². The van der Waals surface area contributed by atoms with Crippen molar-refractivity contribution in [2.45, 2.75) is 13.0 Å². The van der Waals surface area contributed by atoms with E-state index in [1.165, 1.54) is 17.2 Å². The molecule has 25 heavy (non-hydrogen) atoms. The second-order valence-corrected chi connectivity index (χ2v) is 6.28. The van der Waals surface area contributed by atoms with Crippen LogP contribution in [0.4, 0.5) is 0 Å². The number of Topliss-reactive ketones (excluding diaryl/α,β-unsaturated/α-hetero) is 1. The van der Waals surface area contributed by atoms with Crippen molar-refractivity contribution < 1.29 is 14.7 Å². The number of ketones is 1. The quantitative estimate of drug-likeness (QED) is 0.562. The highest BCUT2D eigenvalue weighted by atomic mass is 79.9. The Bertz CT molecular complexity index is 801. The van der Waals surface area contributed by atoms with E-state index in [9.17, 15) is 14.4 Å². The van der Waals surface area contributed by atoms with Crippen LogP contribution >= 0.6 is 15.9 Å². The number of aliphatic hydroxyl groups excluding tert-OH is 1.